The highest BCUT2D eigenvalue weighted by Crippen LogP contribution is 2.45. The van der Waals surface area contributed by atoms with E-state index in [9.17, 15) is 13.2 Å². The molecule has 0 aromatic carbocycles. The van der Waals surface area contributed by atoms with Crippen molar-refractivity contribution in [2.24, 2.45) is 35.5 Å². The Morgan fingerprint density at radius 1 is 0.971 bits per heavy atom. The molecule has 0 nitrogen and oxygen atoms in total. The fraction of sp³-hybridized carbons (Fsp3) is 0.677. The van der Waals surface area contributed by atoms with Gasteiger partial charge in [0.2, 0.25) is 0 Å². The highest BCUT2D eigenvalue weighted by Gasteiger charge is 2.33. The van der Waals surface area contributed by atoms with E-state index in [1.807, 2.05) is 6.08 Å². The summed E-state index contributed by atoms with van der Waals surface area (Å²) in [5.74, 6) is 1.82. The predicted molar refractivity (Wildman–Crippen MR) is 138 cm³/mol. The maximum absolute atomic E-state index is 13.8. The molecule has 0 amide bonds. The monoisotopic (exact) mass is 474 g/mol. The second-order valence-electron chi connectivity index (χ2n) is 11.2. The molecular weight excluding hydrogens is 429 g/mol. The first-order valence-corrected chi connectivity index (χ1v) is 13.8. The van der Waals surface area contributed by atoms with Gasteiger partial charge in [0.15, 0.2) is 5.83 Å². The van der Waals surface area contributed by atoms with Gasteiger partial charge in [-0.25, -0.2) is 13.2 Å². The highest BCUT2D eigenvalue weighted by atomic mass is 19.2. The number of halogens is 3. The average molecular weight is 475 g/mol. The lowest BCUT2D eigenvalue weighted by Gasteiger charge is -2.40. The van der Waals surface area contributed by atoms with Gasteiger partial charge in [0, 0.05) is 0 Å². The second kappa shape index (κ2) is 13.0. The van der Waals surface area contributed by atoms with E-state index in [4.69, 9.17) is 0 Å². The Bertz CT molecular complexity index is 799. The van der Waals surface area contributed by atoms with Crippen molar-refractivity contribution < 1.29 is 13.2 Å². The quantitative estimate of drug-likeness (QED) is 0.292. The maximum Gasteiger partial charge on any atom is 0.155 e. The van der Waals surface area contributed by atoms with Crippen molar-refractivity contribution in [2.45, 2.75) is 97.8 Å². The van der Waals surface area contributed by atoms with Crippen LogP contribution in [-0.4, -0.2) is 0 Å². The molecule has 0 aliphatic heterocycles. The van der Waals surface area contributed by atoms with Gasteiger partial charge in [0.1, 0.15) is 11.7 Å². The van der Waals surface area contributed by atoms with Crippen molar-refractivity contribution in [3.8, 4) is 0 Å². The van der Waals surface area contributed by atoms with E-state index in [1.54, 1.807) is 0 Å². The van der Waals surface area contributed by atoms with Crippen molar-refractivity contribution >= 4 is 0 Å². The van der Waals surface area contributed by atoms with E-state index in [0.29, 0.717) is 23.0 Å². The first-order valence-electron chi connectivity index (χ1n) is 13.8. The fourth-order valence-corrected chi connectivity index (χ4v) is 6.94. The molecule has 2 saturated carbocycles. The summed E-state index contributed by atoms with van der Waals surface area (Å²) < 4.78 is 41.2. The minimum absolute atomic E-state index is 0.299. The van der Waals surface area contributed by atoms with Gasteiger partial charge in [-0.2, -0.15) is 0 Å². The van der Waals surface area contributed by atoms with E-state index in [0.717, 1.165) is 36.2 Å². The summed E-state index contributed by atoms with van der Waals surface area (Å²) in [7, 11) is 0. The molecular formula is C31H45F3. The molecule has 0 spiro atoms. The number of hydrogen-bond donors (Lipinski definition) is 0. The van der Waals surface area contributed by atoms with E-state index >= 15 is 0 Å². The number of allylic oxidation sites excluding steroid dienone is 9. The van der Waals surface area contributed by atoms with Crippen molar-refractivity contribution in [3.63, 3.8) is 0 Å². The molecule has 3 rings (SSSR count). The third-order valence-corrected chi connectivity index (χ3v) is 8.97. The molecule has 0 aromatic rings. The molecule has 190 valence electrons. The molecule has 0 saturated heterocycles. The Kier molecular flexibility index (Phi) is 10.3. The Labute approximate surface area is 206 Å². The molecule has 3 heteroatoms. The topological polar surface area (TPSA) is 0 Å². The van der Waals surface area contributed by atoms with Crippen LogP contribution in [0, 0.1) is 35.5 Å². The third-order valence-electron chi connectivity index (χ3n) is 8.97. The molecule has 2 unspecified atom stereocenters. The van der Waals surface area contributed by atoms with Crippen molar-refractivity contribution in [1.29, 1.82) is 0 Å². The van der Waals surface area contributed by atoms with Gasteiger partial charge < -0.3 is 0 Å². The molecule has 0 aromatic heterocycles. The van der Waals surface area contributed by atoms with Crippen LogP contribution in [-0.2, 0) is 0 Å². The first kappa shape index (κ1) is 27.1. The minimum Gasteiger partial charge on any atom is -0.211 e. The molecule has 3 aliphatic carbocycles. The summed E-state index contributed by atoms with van der Waals surface area (Å²) in [6.45, 7) is 10.8. The van der Waals surface area contributed by atoms with Gasteiger partial charge in [0.25, 0.3) is 0 Å². The van der Waals surface area contributed by atoms with E-state index in [1.165, 1.54) is 70.3 Å². The van der Waals surface area contributed by atoms with Crippen LogP contribution in [0.15, 0.2) is 59.5 Å². The summed E-state index contributed by atoms with van der Waals surface area (Å²) in [6.07, 6.45) is 20.7. The molecule has 0 heterocycles. The third kappa shape index (κ3) is 7.25. The molecule has 34 heavy (non-hydrogen) atoms. The Hall–Kier alpha value is -1.51. The van der Waals surface area contributed by atoms with Crippen molar-refractivity contribution in [3.05, 3.63) is 59.5 Å². The van der Waals surface area contributed by atoms with Crippen LogP contribution < -0.4 is 0 Å². The van der Waals surface area contributed by atoms with Crippen molar-refractivity contribution in [1.82, 2.24) is 0 Å². The predicted octanol–water partition coefficient (Wildman–Crippen LogP) is 10.5. The standard InChI is InChI=1S/C31H45F3/c1-5-7-23-10-12-24(13-11-23)25-14-16-26(17-15-25)29(6-2)22(4)9-8-21(3)27-18-28(32)20-31(34)30(33)19-27/h8-9,18-19,22-26,29H,3,5-7,10-17,20H2,1-2,4H3. The zero-order chi connectivity index (χ0) is 24.7. The Morgan fingerprint density at radius 3 is 2.18 bits per heavy atom. The molecule has 0 N–H and O–H groups in total. The van der Waals surface area contributed by atoms with Gasteiger partial charge in [-0.3, -0.25) is 0 Å². The lowest BCUT2D eigenvalue weighted by Crippen LogP contribution is -2.29. The van der Waals surface area contributed by atoms with Crippen LogP contribution in [0.25, 0.3) is 0 Å². The van der Waals surface area contributed by atoms with Gasteiger partial charge in [0.05, 0.1) is 6.42 Å². The van der Waals surface area contributed by atoms with Crippen LogP contribution in [0.4, 0.5) is 13.2 Å². The Morgan fingerprint density at radius 2 is 1.59 bits per heavy atom. The van der Waals surface area contributed by atoms with E-state index in [2.05, 4.69) is 33.4 Å². The molecule has 2 fully saturated rings. The number of rotatable bonds is 9. The molecule has 2 atom stereocenters. The lowest BCUT2D eigenvalue weighted by molar-refractivity contribution is 0.112. The zero-order valence-electron chi connectivity index (χ0n) is 21.6. The fourth-order valence-electron chi connectivity index (χ4n) is 6.94. The summed E-state index contributed by atoms with van der Waals surface area (Å²) in [6, 6.07) is 0. The zero-order valence-corrected chi connectivity index (χ0v) is 21.6. The number of hydrogen-bond acceptors (Lipinski definition) is 0. The highest BCUT2D eigenvalue weighted by molar-refractivity contribution is 5.50. The van der Waals surface area contributed by atoms with Gasteiger partial charge >= 0.3 is 0 Å². The molecule has 0 bridgehead atoms. The Balaban J connectivity index is 1.52. The van der Waals surface area contributed by atoms with E-state index < -0.39 is 23.9 Å². The maximum atomic E-state index is 13.8. The lowest BCUT2D eigenvalue weighted by atomic mass is 9.65. The van der Waals surface area contributed by atoms with E-state index in [-0.39, 0.29) is 0 Å². The summed E-state index contributed by atoms with van der Waals surface area (Å²) >= 11 is 0. The van der Waals surface area contributed by atoms with Crippen LogP contribution >= 0.6 is 0 Å². The summed E-state index contributed by atoms with van der Waals surface area (Å²) in [4.78, 5) is 0. The van der Waals surface area contributed by atoms with Crippen LogP contribution in [0.5, 0.6) is 0 Å². The molecule has 3 aliphatic rings. The van der Waals surface area contributed by atoms with Gasteiger partial charge in [-0.15, -0.1) is 0 Å². The van der Waals surface area contributed by atoms with Crippen LogP contribution in [0.2, 0.25) is 0 Å². The second-order valence-corrected chi connectivity index (χ2v) is 11.2. The van der Waals surface area contributed by atoms with Gasteiger partial charge in [-0.05, 0) is 97.3 Å². The summed E-state index contributed by atoms with van der Waals surface area (Å²) in [5, 5.41) is 0. The van der Waals surface area contributed by atoms with Crippen LogP contribution in [0.3, 0.4) is 0 Å². The summed E-state index contributed by atoms with van der Waals surface area (Å²) in [5.41, 5.74) is 0.817. The smallest absolute Gasteiger partial charge is 0.155 e. The SMILES string of the molecule is C=C(C=CC(C)C(CC)C1CCC(C2CCC(CCC)CC2)CC1)C1=CC(F)=C(F)CC(F)=C1. The van der Waals surface area contributed by atoms with Crippen molar-refractivity contribution in [2.75, 3.05) is 0 Å². The average Bonchev–Trinajstić information content (AvgIpc) is 2.96. The first-order chi connectivity index (χ1) is 16.3. The molecule has 0 radical (unpaired) electrons. The largest absolute Gasteiger partial charge is 0.211 e. The van der Waals surface area contributed by atoms with Crippen LogP contribution in [0.1, 0.15) is 97.8 Å². The minimum atomic E-state index is -1.07. The normalized spacial score (nSPS) is 30.5. The van der Waals surface area contributed by atoms with Gasteiger partial charge in [-0.1, -0.05) is 71.6 Å².